The van der Waals surface area contributed by atoms with E-state index >= 15 is 0 Å². The number of para-hydroxylation sites is 1. The van der Waals surface area contributed by atoms with Gasteiger partial charge < -0.3 is 15.2 Å². The Balaban J connectivity index is 1.28. The van der Waals surface area contributed by atoms with Crippen LogP contribution in [0.25, 0.3) is 10.9 Å². The number of hydrogen-bond acceptors (Lipinski definition) is 3. The van der Waals surface area contributed by atoms with E-state index in [2.05, 4.69) is 15.4 Å². The van der Waals surface area contributed by atoms with Gasteiger partial charge in [0.05, 0.1) is 6.54 Å². The van der Waals surface area contributed by atoms with Gasteiger partial charge in [0.1, 0.15) is 6.04 Å². The first kappa shape index (κ1) is 19.1. The number of benzene rings is 2. The third-order valence-electron chi connectivity index (χ3n) is 5.73. The number of nitrogens with one attached hydrogen (secondary N) is 2. The van der Waals surface area contributed by atoms with Crippen LogP contribution in [-0.4, -0.2) is 37.5 Å². The molecule has 0 saturated carbocycles. The Morgan fingerprint density at radius 3 is 2.74 bits per heavy atom. The van der Waals surface area contributed by atoms with Crippen molar-refractivity contribution in [3.63, 3.8) is 0 Å². The SMILES string of the molecule is O=C(Nc1ccn(Cc2ccccc2)n1)C1CCC(=O)N1Cc1c[nH]c2ccccc12. The predicted octanol–water partition coefficient (Wildman–Crippen LogP) is 3.54. The minimum atomic E-state index is -0.500. The average Bonchev–Trinajstić information content (AvgIpc) is 3.49. The molecule has 2 amide bonds. The standard InChI is InChI=1S/C24H23N5O2/c30-23-11-10-21(29(23)16-18-14-25-20-9-5-4-8-19(18)20)24(31)26-22-12-13-28(27-22)15-17-6-2-1-3-7-17/h1-9,12-14,21,25H,10-11,15-16H2,(H,26,27,31). The summed E-state index contributed by atoms with van der Waals surface area (Å²) in [7, 11) is 0. The van der Waals surface area contributed by atoms with Gasteiger partial charge in [-0.05, 0) is 23.6 Å². The monoisotopic (exact) mass is 413 g/mol. The minimum Gasteiger partial charge on any atom is -0.361 e. The van der Waals surface area contributed by atoms with E-state index in [1.54, 1.807) is 15.6 Å². The van der Waals surface area contributed by atoms with E-state index in [1.807, 2.05) is 67.0 Å². The molecule has 1 aliphatic rings. The zero-order valence-electron chi connectivity index (χ0n) is 17.0. The van der Waals surface area contributed by atoms with Gasteiger partial charge >= 0.3 is 0 Å². The molecular weight excluding hydrogens is 390 g/mol. The summed E-state index contributed by atoms with van der Waals surface area (Å²) in [6, 6.07) is 19.3. The number of nitrogens with zero attached hydrogens (tertiary/aromatic N) is 3. The van der Waals surface area contributed by atoms with Gasteiger partial charge in [-0.1, -0.05) is 48.5 Å². The molecule has 1 unspecified atom stereocenters. The van der Waals surface area contributed by atoms with Gasteiger partial charge in [-0.3, -0.25) is 14.3 Å². The van der Waals surface area contributed by atoms with E-state index in [1.165, 1.54) is 0 Å². The molecular formula is C24H23N5O2. The molecule has 2 N–H and O–H groups in total. The van der Waals surface area contributed by atoms with Crippen LogP contribution in [0.15, 0.2) is 73.1 Å². The molecule has 5 rings (SSSR count). The highest BCUT2D eigenvalue weighted by Crippen LogP contribution is 2.26. The normalized spacial score (nSPS) is 16.2. The summed E-state index contributed by atoms with van der Waals surface area (Å²) in [5.74, 6) is 0.294. The first-order valence-electron chi connectivity index (χ1n) is 10.4. The molecule has 0 bridgehead atoms. The van der Waals surface area contributed by atoms with Crippen LogP contribution in [-0.2, 0) is 22.7 Å². The van der Waals surface area contributed by atoms with Crippen LogP contribution in [0.3, 0.4) is 0 Å². The molecule has 0 aliphatic carbocycles. The Labute approximate surface area is 179 Å². The maximum atomic E-state index is 13.0. The van der Waals surface area contributed by atoms with Crippen molar-refractivity contribution in [2.45, 2.75) is 32.0 Å². The van der Waals surface area contributed by atoms with Crippen LogP contribution in [0.2, 0.25) is 0 Å². The van der Waals surface area contributed by atoms with Crippen LogP contribution in [0.5, 0.6) is 0 Å². The number of anilines is 1. The lowest BCUT2D eigenvalue weighted by Crippen LogP contribution is -2.41. The molecule has 31 heavy (non-hydrogen) atoms. The van der Waals surface area contributed by atoms with Crippen LogP contribution < -0.4 is 5.32 Å². The van der Waals surface area contributed by atoms with Gasteiger partial charge in [0.25, 0.3) is 0 Å². The molecule has 1 atom stereocenters. The molecule has 1 aliphatic heterocycles. The summed E-state index contributed by atoms with van der Waals surface area (Å²) in [5, 5.41) is 8.41. The lowest BCUT2D eigenvalue weighted by Gasteiger charge is -2.23. The highest BCUT2D eigenvalue weighted by molar-refractivity contribution is 5.98. The summed E-state index contributed by atoms with van der Waals surface area (Å²) < 4.78 is 1.79. The fourth-order valence-electron chi connectivity index (χ4n) is 4.15. The van der Waals surface area contributed by atoms with E-state index in [-0.39, 0.29) is 11.8 Å². The second-order valence-electron chi connectivity index (χ2n) is 7.81. The number of hydrogen-bond donors (Lipinski definition) is 2. The number of amides is 2. The van der Waals surface area contributed by atoms with E-state index in [9.17, 15) is 9.59 Å². The average molecular weight is 413 g/mol. The van der Waals surface area contributed by atoms with Crippen molar-refractivity contribution in [3.8, 4) is 0 Å². The van der Waals surface area contributed by atoms with E-state index in [0.29, 0.717) is 31.7 Å². The van der Waals surface area contributed by atoms with E-state index < -0.39 is 6.04 Å². The summed E-state index contributed by atoms with van der Waals surface area (Å²) in [6.07, 6.45) is 4.64. The molecule has 1 saturated heterocycles. The van der Waals surface area contributed by atoms with Crippen LogP contribution in [0.4, 0.5) is 5.82 Å². The first-order valence-corrected chi connectivity index (χ1v) is 10.4. The van der Waals surface area contributed by atoms with Crippen molar-refractivity contribution in [2.24, 2.45) is 0 Å². The molecule has 7 nitrogen and oxygen atoms in total. The molecule has 2 aromatic carbocycles. The number of aromatic nitrogens is 3. The molecule has 2 aromatic heterocycles. The Hall–Kier alpha value is -3.87. The van der Waals surface area contributed by atoms with Crippen molar-refractivity contribution >= 4 is 28.5 Å². The van der Waals surface area contributed by atoms with Crippen LogP contribution >= 0.6 is 0 Å². The van der Waals surface area contributed by atoms with Gasteiger partial charge in [0, 0.05) is 42.3 Å². The van der Waals surface area contributed by atoms with E-state index in [0.717, 1.165) is 22.0 Å². The topological polar surface area (TPSA) is 83.0 Å². The maximum Gasteiger partial charge on any atom is 0.248 e. The zero-order chi connectivity index (χ0) is 21.2. The highest BCUT2D eigenvalue weighted by Gasteiger charge is 2.36. The Morgan fingerprint density at radius 1 is 1.06 bits per heavy atom. The number of carbonyl (C=O) groups excluding carboxylic acids is 2. The fourth-order valence-corrected chi connectivity index (χ4v) is 4.15. The number of likely N-dealkylation sites (tertiary alicyclic amines) is 1. The van der Waals surface area contributed by atoms with Crippen LogP contribution in [0, 0.1) is 0 Å². The largest absolute Gasteiger partial charge is 0.361 e. The van der Waals surface area contributed by atoms with Gasteiger partial charge in [0.15, 0.2) is 5.82 Å². The summed E-state index contributed by atoms with van der Waals surface area (Å²) in [6.45, 7) is 1.04. The Morgan fingerprint density at radius 2 is 1.87 bits per heavy atom. The third-order valence-corrected chi connectivity index (χ3v) is 5.73. The highest BCUT2D eigenvalue weighted by atomic mass is 16.2. The third kappa shape index (κ3) is 3.94. The van der Waals surface area contributed by atoms with Crippen molar-refractivity contribution in [2.75, 3.05) is 5.32 Å². The van der Waals surface area contributed by atoms with Crippen molar-refractivity contribution in [1.82, 2.24) is 19.7 Å². The summed E-state index contributed by atoms with van der Waals surface area (Å²) >= 11 is 0. The van der Waals surface area contributed by atoms with Gasteiger partial charge in [0.2, 0.25) is 11.8 Å². The van der Waals surface area contributed by atoms with Gasteiger partial charge in [-0.15, -0.1) is 0 Å². The number of carbonyl (C=O) groups is 2. The van der Waals surface area contributed by atoms with Crippen molar-refractivity contribution in [3.05, 3.63) is 84.2 Å². The lowest BCUT2D eigenvalue weighted by atomic mass is 10.1. The molecule has 3 heterocycles. The minimum absolute atomic E-state index is 0.0000352. The molecule has 4 aromatic rings. The first-order chi connectivity index (χ1) is 15.2. The quantitative estimate of drug-likeness (QED) is 0.507. The Bertz CT molecular complexity index is 1230. The molecule has 156 valence electrons. The molecule has 0 radical (unpaired) electrons. The van der Waals surface area contributed by atoms with Gasteiger partial charge in [-0.25, -0.2) is 0 Å². The maximum absolute atomic E-state index is 13.0. The number of rotatable bonds is 6. The molecule has 0 spiro atoms. The Kier molecular flexibility index (Phi) is 5.00. The second kappa shape index (κ2) is 8.10. The lowest BCUT2D eigenvalue weighted by molar-refractivity contribution is -0.133. The number of H-pyrrole nitrogens is 1. The van der Waals surface area contributed by atoms with Crippen molar-refractivity contribution < 1.29 is 9.59 Å². The summed E-state index contributed by atoms with van der Waals surface area (Å²) in [4.78, 5) is 30.4. The summed E-state index contributed by atoms with van der Waals surface area (Å²) in [5.41, 5.74) is 3.17. The smallest absolute Gasteiger partial charge is 0.248 e. The number of fused-ring (bicyclic) bond motifs is 1. The second-order valence-corrected chi connectivity index (χ2v) is 7.81. The van der Waals surface area contributed by atoms with Gasteiger partial charge in [-0.2, -0.15) is 5.10 Å². The molecule has 7 heteroatoms. The predicted molar refractivity (Wildman–Crippen MR) is 118 cm³/mol. The molecule has 1 fully saturated rings. The van der Waals surface area contributed by atoms with E-state index in [4.69, 9.17) is 0 Å². The number of aromatic amines is 1. The fraction of sp³-hybridized carbons (Fsp3) is 0.208. The van der Waals surface area contributed by atoms with Crippen molar-refractivity contribution in [1.29, 1.82) is 0 Å². The zero-order valence-corrected chi connectivity index (χ0v) is 17.0. The van der Waals surface area contributed by atoms with Crippen LogP contribution in [0.1, 0.15) is 24.0 Å².